The number of hydrogen-bond acceptors (Lipinski definition) is 6. The molecule has 1 aromatic heterocycles. The van der Waals surface area contributed by atoms with Crippen LogP contribution in [0.5, 0.6) is 28.7 Å². The summed E-state index contributed by atoms with van der Waals surface area (Å²) in [7, 11) is 0. The van der Waals surface area contributed by atoms with Crippen LogP contribution in [0, 0.1) is 0 Å². The highest BCUT2D eigenvalue weighted by Crippen LogP contribution is 2.36. The zero-order chi connectivity index (χ0) is 33.6. The molecule has 0 aliphatic rings. The lowest BCUT2D eigenvalue weighted by Gasteiger charge is -2.18. The summed E-state index contributed by atoms with van der Waals surface area (Å²) in [5.74, 6) is -0.116. The van der Waals surface area contributed by atoms with Gasteiger partial charge in [-0.25, -0.2) is 4.79 Å². The predicted octanol–water partition coefficient (Wildman–Crippen LogP) is 9.34. The lowest BCUT2D eigenvalue weighted by atomic mass is 9.98. The van der Waals surface area contributed by atoms with Crippen molar-refractivity contribution in [3.63, 3.8) is 0 Å². The highest BCUT2D eigenvalue weighted by atomic mass is 19.4. The summed E-state index contributed by atoms with van der Waals surface area (Å²) in [6.07, 6.45) is -3.09. The molecule has 4 aromatic carbocycles. The smallest absolute Gasteiger partial charge is 0.416 e. The fourth-order valence-corrected chi connectivity index (χ4v) is 4.51. The van der Waals surface area contributed by atoms with Crippen molar-refractivity contribution in [2.45, 2.75) is 32.5 Å². The molecular weight excluding hydrogens is 613 g/mol. The molecule has 5 rings (SSSR count). The largest absolute Gasteiger partial charge is 0.487 e. The maximum atomic E-state index is 13.1. The molecule has 0 radical (unpaired) electrons. The first kappa shape index (κ1) is 32.6. The van der Waals surface area contributed by atoms with Crippen LogP contribution >= 0.6 is 0 Å². The number of para-hydroxylation sites is 1. The van der Waals surface area contributed by atoms with E-state index in [9.17, 15) is 27.9 Å². The van der Waals surface area contributed by atoms with Crippen LogP contribution in [-0.4, -0.2) is 22.0 Å². The van der Waals surface area contributed by atoms with E-state index in [2.05, 4.69) is 10.3 Å². The molecule has 11 heteroatoms. The van der Waals surface area contributed by atoms with Gasteiger partial charge in [-0.2, -0.15) is 13.2 Å². The lowest BCUT2D eigenvalue weighted by molar-refractivity contribution is -0.137. The Morgan fingerprint density at radius 2 is 1.49 bits per heavy atom. The Morgan fingerprint density at radius 3 is 2.13 bits per heavy atom. The summed E-state index contributed by atoms with van der Waals surface area (Å²) in [5, 5.41) is 12.7. The van der Waals surface area contributed by atoms with E-state index in [0.29, 0.717) is 34.1 Å². The molecule has 1 heterocycles. The summed E-state index contributed by atoms with van der Waals surface area (Å²) >= 11 is 0. The van der Waals surface area contributed by atoms with Crippen molar-refractivity contribution in [3.05, 3.63) is 137 Å². The van der Waals surface area contributed by atoms with Crippen molar-refractivity contribution in [2.75, 3.05) is 5.32 Å². The third-order valence-corrected chi connectivity index (χ3v) is 6.92. The Morgan fingerprint density at radius 1 is 0.809 bits per heavy atom. The molecule has 0 fully saturated rings. The molecule has 0 aliphatic heterocycles. The second kappa shape index (κ2) is 14.1. The minimum Gasteiger partial charge on any atom is -0.487 e. The number of anilines is 1. The Labute approximate surface area is 268 Å². The van der Waals surface area contributed by atoms with Gasteiger partial charge < -0.3 is 24.6 Å². The first-order valence-electron chi connectivity index (χ1n) is 14.4. The van der Waals surface area contributed by atoms with Gasteiger partial charge in [0.15, 0.2) is 0 Å². The number of nitrogens with zero attached hydrogens (tertiary/aromatic N) is 1. The number of rotatable bonds is 11. The number of aromatic carboxylic acids is 1. The van der Waals surface area contributed by atoms with Crippen molar-refractivity contribution in [1.29, 1.82) is 0 Å². The second-order valence-electron chi connectivity index (χ2n) is 10.7. The van der Waals surface area contributed by atoms with Crippen LogP contribution < -0.4 is 19.5 Å². The minimum absolute atomic E-state index is 0.0472. The molecule has 8 nitrogen and oxygen atoms in total. The summed E-state index contributed by atoms with van der Waals surface area (Å²) < 4.78 is 56.2. The molecule has 0 unspecified atom stereocenters. The predicted molar refractivity (Wildman–Crippen MR) is 168 cm³/mol. The molecule has 5 aromatic rings. The standard InChI is InChI=1S/C36H29F3N2O6/c1-22(2)30-18-32(41-34(42)23-11-14-27(15-12-23)46-26-8-4-3-5-9-26)31(35(43)44)19-33(30)47-29-16-13-25(40-20-29)21-45-28-10-6-7-24(17-28)36(37,38)39/h3-20,22H,21H2,1-2H3,(H,41,42)(H,43,44). The molecule has 0 saturated carbocycles. The number of benzene rings is 4. The topological polar surface area (TPSA) is 107 Å². The van der Waals surface area contributed by atoms with E-state index in [4.69, 9.17) is 14.2 Å². The number of ether oxygens (including phenoxy) is 3. The fourth-order valence-electron chi connectivity index (χ4n) is 4.51. The van der Waals surface area contributed by atoms with Gasteiger partial charge in [-0.05, 0) is 90.3 Å². The average molecular weight is 643 g/mol. The number of alkyl halides is 3. The Kier molecular flexibility index (Phi) is 9.74. The van der Waals surface area contributed by atoms with Gasteiger partial charge in [-0.3, -0.25) is 9.78 Å². The van der Waals surface area contributed by atoms with E-state index in [1.54, 1.807) is 42.5 Å². The zero-order valence-corrected chi connectivity index (χ0v) is 25.2. The van der Waals surface area contributed by atoms with Gasteiger partial charge in [0, 0.05) is 5.56 Å². The van der Waals surface area contributed by atoms with E-state index in [1.807, 2.05) is 44.2 Å². The second-order valence-corrected chi connectivity index (χ2v) is 10.7. The van der Waals surface area contributed by atoms with Crippen LogP contribution in [0.2, 0.25) is 0 Å². The van der Waals surface area contributed by atoms with Crippen LogP contribution in [0.25, 0.3) is 0 Å². The molecular formula is C36H29F3N2O6. The number of carboxylic acids is 1. The Hall–Kier alpha value is -5.84. The normalized spacial score (nSPS) is 11.2. The molecule has 0 bridgehead atoms. The highest BCUT2D eigenvalue weighted by molar-refractivity contribution is 6.08. The summed E-state index contributed by atoms with van der Waals surface area (Å²) in [4.78, 5) is 29.6. The molecule has 0 atom stereocenters. The van der Waals surface area contributed by atoms with E-state index in [1.165, 1.54) is 24.4 Å². The van der Waals surface area contributed by atoms with Gasteiger partial charge in [0.05, 0.1) is 28.7 Å². The van der Waals surface area contributed by atoms with Gasteiger partial charge in [-0.1, -0.05) is 38.1 Å². The Balaban J connectivity index is 1.29. The number of amides is 1. The van der Waals surface area contributed by atoms with Crippen LogP contribution in [0.4, 0.5) is 18.9 Å². The first-order valence-corrected chi connectivity index (χ1v) is 14.4. The minimum atomic E-state index is -4.49. The first-order chi connectivity index (χ1) is 22.5. The Bertz CT molecular complexity index is 1860. The number of nitrogens with one attached hydrogen (secondary N) is 1. The number of pyridine rings is 1. The molecule has 0 spiro atoms. The SMILES string of the molecule is CC(C)c1cc(NC(=O)c2ccc(Oc3ccccc3)cc2)c(C(=O)O)cc1Oc1ccc(COc2cccc(C(F)(F)F)c2)nc1. The highest BCUT2D eigenvalue weighted by Gasteiger charge is 2.30. The number of carbonyl (C=O) groups excluding carboxylic acids is 1. The maximum Gasteiger partial charge on any atom is 0.416 e. The average Bonchev–Trinajstić information content (AvgIpc) is 3.05. The molecule has 240 valence electrons. The van der Waals surface area contributed by atoms with Crippen LogP contribution in [0.15, 0.2) is 109 Å². The quantitative estimate of drug-likeness (QED) is 0.148. The van der Waals surface area contributed by atoms with Crippen molar-refractivity contribution in [2.24, 2.45) is 0 Å². The van der Waals surface area contributed by atoms with Gasteiger partial charge in [0.25, 0.3) is 5.91 Å². The maximum absolute atomic E-state index is 13.1. The third-order valence-electron chi connectivity index (χ3n) is 6.92. The number of hydrogen-bond donors (Lipinski definition) is 2. The molecule has 0 saturated heterocycles. The summed E-state index contributed by atoms with van der Waals surface area (Å²) in [6.45, 7) is 3.71. The summed E-state index contributed by atoms with van der Waals surface area (Å²) in [6, 6.07) is 26.3. The van der Waals surface area contributed by atoms with Crippen molar-refractivity contribution in [3.8, 4) is 28.7 Å². The fraction of sp³-hybridized carbons (Fsp3) is 0.139. The lowest BCUT2D eigenvalue weighted by Crippen LogP contribution is -2.15. The van der Waals surface area contributed by atoms with E-state index in [0.717, 1.165) is 12.1 Å². The van der Waals surface area contributed by atoms with Crippen LogP contribution in [-0.2, 0) is 12.8 Å². The van der Waals surface area contributed by atoms with E-state index >= 15 is 0 Å². The number of carboxylic acid groups (broad SMARTS) is 1. The summed E-state index contributed by atoms with van der Waals surface area (Å²) in [5.41, 5.74) is 0.472. The van der Waals surface area contributed by atoms with Crippen LogP contribution in [0.3, 0.4) is 0 Å². The van der Waals surface area contributed by atoms with Gasteiger partial charge in [-0.15, -0.1) is 0 Å². The number of aromatic nitrogens is 1. The van der Waals surface area contributed by atoms with Crippen molar-refractivity contribution < 1.29 is 42.1 Å². The molecule has 47 heavy (non-hydrogen) atoms. The number of halogens is 3. The molecule has 2 N–H and O–H groups in total. The van der Waals surface area contributed by atoms with Crippen molar-refractivity contribution in [1.82, 2.24) is 4.98 Å². The van der Waals surface area contributed by atoms with E-state index < -0.39 is 23.6 Å². The van der Waals surface area contributed by atoms with E-state index in [-0.39, 0.29) is 35.3 Å². The number of carbonyl (C=O) groups is 2. The van der Waals surface area contributed by atoms with Gasteiger partial charge in [0.2, 0.25) is 0 Å². The zero-order valence-electron chi connectivity index (χ0n) is 25.2. The van der Waals surface area contributed by atoms with Gasteiger partial charge in [0.1, 0.15) is 35.4 Å². The van der Waals surface area contributed by atoms with Crippen LogP contribution in [0.1, 0.15) is 57.3 Å². The van der Waals surface area contributed by atoms with Gasteiger partial charge >= 0.3 is 12.1 Å². The third kappa shape index (κ3) is 8.46. The molecule has 0 aliphatic carbocycles. The molecule has 1 amide bonds. The monoisotopic (exact) mass is 642 g/mol. The van der Waals surface area contributed by atoms with Crippen molar-refractivity contribution >= 4 is 17.6 Å².